The van der Waals surface area contributed by atoms with Crippen LogP contribution in [0.2, 0.25) is 0 Å². The van der Waals surface area contributed by atoms with Gasteiger partial charge in [0, 0.05) is 24.8 Å². The molecule has 0 spiro atoms. The molecule has 3 rings (SSSR count). The highest BCUT2D eigenvalue weighted by Crippen LogP contribution is 2.27. The van der Waals surface area contributed by atoms with E-state index in [0.717, 1.165) is 28.0 Å². The minimum Gasteiger partial charge on any atom is -0.497 e. The molecule has 19 heavy (non-hydrogen) atoms. The number of aryl methyl sites for hydroxylation is 1. The van der Waals surface area contributed by atoms with Gasteiger partial charge in [-0.1, -0.05) is 0 Å². The first-order valence-corrected chi connectivity index (χ1v) is 5.95. The molecule has 0 unspecified atom stereocenters. The lowest BCUT2D eigenvalue weighted by Gasteiger charge is -2.08. The first-order chi connectivity index (χ1) is 9.26. The molecule has 1 N–H and O–H groups in total. The zero-order valence-corrected chi connectivity index (χ0v) is 10.8. The van der Waals surface area contributed by atoms with Crippen LogP contribution < -0.4 is 10.1 Å². The van der Waals surface area contributed by atoms with E-state index in [4.69, 9.17) is 4.74 Å². The number of nitrogens with zero attached hydrogens (tertiary/aromatic N) is 3. The van der Waals surface area contributed by atoms with Crippen molar-refractivity contribution in [2.45, 2.75) is 0 Å². The molecule has 96 valence electrons. The Morgan fingerprint density at radius 3 is 2.89 bits per heavy atom. The van der Waals surface area contributed by atoms with E-state index in [1.807, 2.05) is 37.5 Å². The van der Waals surface area contributed by atoms with Gasteiger partial charge in [-0.2, -0.15) is 5.10 Å². The molecule has 0 aliphatic rings. The fourth-order valence-corrected chi connectivity index (χ4v) is 2.01. The highest BCUT2D eigenvalue weighted by molar-refractivity contribution is 5.93. The fraction of sp³-hybridized carbons (Fsp3) is 0.143. The van der Waals surface area contributed by atoms with Gasteiger partial charge in [0.25, 0.3) is 0 Å². The third kappa shape index (κ3) is 2.22. The molecule has 2 aromatic heterocycles. The van der Waals surface area contributed by atoms with Gasteiger partial charge in [-0.25, -0.2) is 4.98 Å². The van der Waals surface area contributed by atoms with Crippen LogP contribution in [-0.2, 0) is 7.05 Å². The predicted octanol–water partition coefficient (Wildman–Crippen LogP) is 2.72. The van der Waals surface area contributed by atoms with E-state index in [1.54, 1.807) is 24.2 Å². The van der Waals surface area contributed by atoms with E-state index in [1.165, 1.54) is 0 Å². The van der Waals surface area contributed by atoms with Gasteiger partial charge in [0.1, 0.15) is 11.6 Å². The summed E-state index contributed by atoms with van der Waals surface area (Å²) in [6.07, 6.45) is 5.45. The van der Waals surface area contributed by atoms with Crippen LogP contribution in [0.15, 0.2) is 42.9 Å². The van der Waals surface area contributed by atoms with Crippen molar-refractivity contribution in [3.05, 3.63) is 42.9 Å². The first kappa shape index (κ1) is 11.5. The highest BCUT2D eigenvalue weighted by atomic mass is 16.5. The molecule has 0 fully saturated rings. The average molecular weight is 254 g/mol. The number of hydrogen-bond acceptors (Lipinski definition) is 4. The zero-order chi connectivity index (χ0) is 13.2. The van der Waals surface area contributed by atoms with Crippen LogP contribution in [0.4, 0.5) is 11.5 Å². The molecule has 1 aromatic carbocycles. The van der Waals surface area contributed by atoms with Gasteiger partial charge < -0.3 is 10.1 Å². The summed E-state index contributed by atoms with van der Waals surface area (Å²) in [5.41, 5.74) is 0.915. The number of anilines is 2. The van der Waals surface area contributed by atoms with Crippen molar-refractivity contribution in [3.63, 3.8) is 0 Å². The molecule has 0 saturated carbocycles. The Labute approximate surface area is 110 Å². The van der Waals surface area contributed by atoms with Gasteiger partial charge in [-0.15, -0.1) is 0 Å². The van der Waals surface area contributed by atoms with Crippen molar-refractivity contribution in [2.75, 3.05) is 12.4 Å². The van der Waals surface area contributed by atoms with Crippen LogP contribution in [0.1, 0.15) is 0 Å². The monoisotopic (exact) mass is 254 g/mol. The number of fused-ring (bicyclic) bond motifs is 1. The molecule has 0 atom stereocenters. The lowest BCUT2D eigenvalue weighted by molar-refractivity contribution is 0.415. The smallest absolute Gasteiger partial charge is 0.138 e. The Hall–Kier alpha value is -2.56. The Morgan fingerprint density at radius 2 is 2.16 bits per heavy atom. The third-order valence-electron chi connectivity index (χ3n) is 2.94. The summed E-state index contributed by atoms with van der Waals surface area (Å²) in [6, 6.07) is 7.88. The van der Waals surface area contributed by atoms with Crippen molar-refractivity contribution in [1.82, 2.24) is 14.8 Å². The van der Waals surface area contributed by atoms with Crippen molar-refractivity contribution in [1.29, 1.82) is 0 Å². The van der Waals surface area contributed by atoms with Crippen LogP contribution in [-0.4, -0.2) is 21.9 Å². The Balaban J connectivity index is 2.03. The second-order valence-electron chi connectivity index (χ2n) is 4.27. The van der Waals surface area contributed by atoms with Crippen LogP contribution in [0, 0.1) is 0 Å². The molecule has 5 nitrogen and oxygen atoms in total. The number of hydrogen-bond donors (Lipinski definition) is 1. The zero-order valence-electron chi connectivity index (χ0n) is 10.8. The van der Waals surface area contributed by atoms with Gasteiger partial charge in [-0.05, 0) is 29.7 Å². The molecule has 3 aromatic rings. The molecule has 0 radical (unpaired) electrons. The van der Waals surface area contributed by atoms with Crippen LogP contribution in [0.25, 0.3) is 10.8 Å². The Bertz CT molecular complexity index is 720. The third-order valence-corrected chi connectivity index (χ3v) is 2.94. The molecule has 0 aliphatic heterocycles. The minimum atomic E-state index is 0.813. The average Bonchev–Trinajstić information content (AvgIpc) is 2.84. The van der Waals surface area contributed by atoms with Gasteiger partial charge in [-0.3, -0.25) is 4.68 Å². The Morgan fingerprint density at radius 1 is 1.26 bits per heavy atom. The molecule has 0 aliphatic carbocycles. The quantitative estimate of drug-likeness (QED) is 0.780. The summed E-state index contributed by atoms with van der Waals surface area (Å²) >= 11 is 0. The number of ether oxygens (including phenoxy) is 1. The van der Waals surface area contributed by atoms with Gasteiger partial charge in [0.05, 0.1) is 19.0 Å². The number of benzene rings is 1. The molecule has 0 bridgehead atoms. The maximum Gasteiger partial charge on any atom is 0.138 e. The predicted molar refractivity (Wildman–Crippen MR) is 74.8 cm³/mol. The van der Waals surface area contributed by atoms with Crippen molar-refractivity contribution < 1.29 is 4.74 Å². The second-order valence-corrected chi connectivity index (χ2v) is 4.27. The normalized spacial score (nSPS) is 10.6. The van der Waals surface area contributed by atoms with Crippen LogP contribution >= 0.6 is 0 Å². The van der Waals surface area contributed by atoms with Crippen molar-refractivity contribution in [2.24, 2.45) is 7.05 Å². The fourth-order valence-electron chi connectivity index (χ4n) is 2.01. The lowest BCUT2D eigenvalue weighted by atomic mass is 10.1. The van der Waals surface area contributed by atoms with Gasteiger partial charge in [0.15, 0.2) is 0 Å². The second kappa shape index (κ2) is 4.61. The molecular formula is C14H14N4O. The summed E-state index contributed by atoms with van der Waals surface area (Å²) in [5, 5.41) is 9.53. The summed E-state index contributed by atoms with van der Waals surface area (Å²) in [4.78, 5) is 4.38. The summed E-state index contributed by atoms with van der Waals surface area (Å²) in [7, 11) is 3.55. The number of methoxy groups -OCH3 is 1. The van der Waals surface area contributed by atoms with Crippen LogP contribution in [0.5, 0.6) is 5.75 Å². The van der Waals surface area contributed by atoms with E-state index in [9.17, 15) is 0 Å². The number of rotatable bonds is 3. The molecule has 2 heterocycles. The van der Waals surface area contributed by atoms with Gasteiger partial charge in [0.2, 0.25) is 0 Å². The highest BCUT2D eigenvalue weighted by Gasteiger charge is 2.05. The maximum absolute atomic E-state index is 5.23. The van der Waals surface area contributed by atoms with E-state index < -0.39 is 0 Å². The van der Waals surface area contributed by atoms with Crippen LogP contribution in [0.3, 0.4) is 0 Å². The largest absolute Gasteiger partial charge is 0.497 e. The summed E-state index contributed by atoms with van der Waals surface area (Å²) < 4.78 is 6.98. The molecule has 0 amide bonds. The van der Waals surface area contributed by atoms with E-state index in [2.05, 4.69) is 15.4 Å². The van der Waals surface area contributed by atoms with E-state index >= 15 is 0 Å². The molecular weight excluding hydrogens is 240 g/mol. The van der Waals surface area contributed by atoms with Crippen molar-refractivity contribution in [3.8, 4) is 5.75 Å². The topological polar surface area (TPSA) is 52.0 Å². The van der Waals surface area contributed by atoms with E-state index in [-0.39, 0.29) is 0 Å². The van der Waals surface area contributed by atoms with E-state index in [0.29, 0.717) is 0 Å². The maximum atomic E-state index is 5.23. The Kier molecular flexibility index (Phi) is 2.79. The SMILES string of the molecule is COc1ccc2c(Nc3cnn(C)c3)nccc2c1. The van der Waals surface area contributed by atoms with Crippen molar-refractivity contribution >= 4 is 22.3 Å². The summed E-state index contributed by atoms with van der Waals surface area (Å²) in [5.74, 6) is 1.65. The minimum absolute atomic E-state index is 0.813. The number of nitrogens with one attached hydrogen (secondary N) is 1. The van der Waals surface area contributed by atoms with Gasteiger partial charge >= 0.3 is 0 Å². The summed E-state index contributed by atoms with van der Waals surface area (Å²) in [6.45, 7) is 0. The first-order valence-electron chi connectivity index (χ1n) is 5.95. The number of pyridine rings is 1. The standard InChI is InChI=1S/C14H14N4O/c1-18-9-11(8-16-18)17-14-13-4-3-12(19-2)7-10(13)5-6-15-14/h3-9H,1-2H3,(H,15,17). The molecule has 0 saturated heterocycles. The number of aromatic nitrogens is 3. The molecule has 5 heteroatoms. The lowest BCUT2D eigenvalue weighted by Crippen LogP contribution is -1.94.